The van der Waals surface area contributed by atoms with Crippen molar-refractivity contribution in [1.82, 2.24) is 25.1 Å². The van der Waals surface area contributed by atoms with Gasteiger partial charge in [-0.1, -0.05) is 13.8 Å². The Morgan fingerprint density at radius 2 is 2.10 bits per heavy atom. The fourth-order valence-electron chi connectivity index (χ4n) is 1.97. The SMILES string of the molecule is Cc1nc(C)n(-c2nccc(CNCC(C)C)c2F)n1. The van der Waals surface area contributed by atoms with E-state index in [0.29, 0.717) is 29.7 Å². The van der Waals surface area contributed by atoms with E-state index in [1.807, 2.05) is 0 Å². The Kier molecular flexibility index (Phi) is 4.44. The van der Waals surface area contributed by atoms with Crippen molar-refractivity contribution in [3.8, 4) is 5.82 Å². The summed E-state index contributed by atoms with van der Waals surface area (Å²) in [6.07, 6.45) is 1.60. The van der Waals surface area contributed by atoms with Gasteiger partial charge in [-0.25, -0.2) is 14.4 Å². The van der Waals surface area contributed by atoms with Gasteiger partial charge in [0.25, 0.3) is 0 Å². The average molecular weight is 277 g/mol. The molecule has 0 aliphatic rings. The molecule has 0 aliphatic carbocycles. The molecule has 0 atom stereocenters. The first-order valence-corrected chi connectivity index (χ1v) is 6.73. The van der Waals surface area contributed by atoms with Crippen LogP contribution in [0.15, 0.2) is 12.3 Å². The van der Waals surface area contributed by atoms with Gasteiger partial charge in [0.1, 0.15) is 11.6 Å². The molecule has 0 unspecified atom stereocenters. The fourth-order valence-corrected chi connectivity index (χ4v) is 1.97. The number of pyridine rings is 1. The minimum Gasteiger partial charge on any atom is -0.312 e. The number of hydrogen-bond donors (Lipinski definition) is 1. The molecule has 108 valence electrons. The van der Waals surface area contributed by atoms with E-state index in [1.165, 1.54) is 4.68 Å². The first-order chi connectivity index (χ1) is 9.49. The molecule has 6 heteroatoms. The van der Waals surface area contributed by atoms with Gasteiger partial charge in [-0.2, -0.15) is 4.68 Å². The number of nitrogens with one attached hydrogen (secondary N) is 1. The normalized spacial score (nSPS) is 11.3. The first kappa shape index (κ1) is 14.6. The van der Waals surface area contributed by atoms with E-state index >= 15 is 0 Å². The lowest BCUT2D eigenvalue weighted by Crippen LogP contribution is -2.20. The molecular formula is C14H20FN5. The Hall–Kier alpha value is -1.82. The van der Waals surface area contributed by atoms with Gasteiger partial charge in [0.05, 0.1) is 0 Å². The number of aromatic nitrogens is 4. The van der Waals surface area contributed by atoms with Crippen molar-refractivity contribution in [2.24, 2.45) is 5.92 Å². The third-order valence-corrected chi connectivity index (χ3v) is 2.89. The topological polar surface area (TPSA) is 55.6 Å². The molecule has 2 rings (SSSR count). The van der Waals surface area contributed by atoms with Crippen LogP contribution in [-0.2, 0) is 6.54 Å². The highest BCUT2D eigenvalue weighted by atomic mass is 19.1. The molecule has 2 heterocycles. The maximum atomic E-state index is 14.5. The second kappa shape index (κ2) is 6.09. The van der Waals surface area contributed by atoms with E-state index in [2.05, 4.69) is 34.2 Å². The summed E-state index contributed by atoms with van der Waals surface area (Å²) in [6, 6.07) is 1.69. The maximum Gasteiger partial charge on any atom is 0.191 e. The highest BCUT2D eigenvalue weighted by molar-refractivity contribution is 5.30. The third-order valence-electron chi connectivity index (χ3n) is 2.89. The van der Waals surface area contributed by atoms with Crippen molar-refractivity contribution in [2.75, 3.05) is 6.54 Å². The molecule has 0 fully saturated rings. The van der Waals surface area contributed by atoms with Gasteiger partial charge in [-0.05, 0) is 32.4 Å². The molecule has 0 bridgehead atoms. The molecule has 0 saturated carbocycles. The van der Waals surface area contributed by atoms with Gasteiger partial charge < -0.3 is 5.32 Å². The number of nitrogens with zero attached hydrogens (tertiary/aromatic N) is 4. The van der Waals surface area contributed by atoms with Crippen molar-refractivity contribution < 1.29 is 4.39 Å². The highest BCUT2D eigenvalue weighted by Gasteiger charge is 2.14. The minimum atomic E-state index is -0.350. The van der Waals surface area contributed by atoms with Crippen LogP contribution in [0.25, 0.3) is 5.82 Å². The first-order valence-electron chi connectivity index (χ1n) is 6.73. The lowest BCUT2D eigenvalue weighted by Gasteiger charge is -2.10. The number of aryl methyl sites for hydroxylation is 2. The van der Waals surface area contributed by atoms with E-state index in [9.17, 15) is 4.39 Å². The Balaban J connectivity index is 2.25. The predicted octanol–water partition coefficient (Wildman–Crippen LogP) is 2.16. The molecule has 20 heavy (non-hydrogen) atoms. The molecule has 2 aromatic heterocycles. The number of halogens is 1. The molecule has 0 spiro atoms. The van der Waals surface area contributed by atoms with E-state index in [1.54, 1.807) is 26.1 Å². The molecule has 0 aliphatic heterocycles. The van der Waals surface area contributed by atoms with Crippen LogP contribution >= 0.6 is 0 Å². The monoisotopic (exact) mass is 277 g/mol. The quantitative estimate of drug-likeness (QED) is 0.910. The van der Waals surface area contributed by atoms with Crippen molar-refractivity contribution in [1.29, 1.82) is 0 Å². The summed E-state index contributed by atoms with van der Waals surface area (Å²) in [5.74, 6) is 1.61. The van der Waals surface area contributed by atoms with Gasteiger partial charge >= 0.3 is 0 Å². The molecule has 0 radical (unpaired) electrons. The van der Waals surface area contributed by atoms with Crippen LogP contribution in [0.3, 0.4) is 0 Å². The predicted molar refractivity (Wildman–Crippen MR) is 75.1 cm³/mol. The molecule has 0 saturated heterocycles. The zero-order chi connectivity index (χ0) is 14.7. The van der Waals surface area contributed by atoms with Gasteiger partial charge in [-0.3, -0.25) is 0 Å². The van der Waals surface area contributed by atoms with Crippen LogP contribution in [-0.4, -0.2) is 26.3 Å². The smallest absolute Gasteiger partial charge is 0.191 e. The standard InChI is InChI=1S/C14H20FN5/c1-9(2)7-16-8-12-5-6-17-14(13(12)15)20-11(4)18-10(3)19-20/h5-6,9,16H,7-8H2,1-4H3. The zero-order valence-electron chi connectivity index (χ0n) is 12.3. The molecule has 2 aromatic rings. The molecule has 0 amide bonds. The van der Waals surface area contributed by atoms with E-state index < -0.39 is 0 Å². The van der Waals surface area contributed by atoms with Gasteiger partial charge in [0.15, 0.2) is 11.6 Å². The van der Waals surface area contributed by atoms with Crippen molar-refractivity contribution in [3.05, 3.63) is 35.3 Å². The summed E-state index contributed by atoms with van der Waals surface area (Å²) in [5, 5.41) is 7.40. The van der Waals surface area contributed by atoms with Crippen molar-refractivity contribution in [2.45, 2.75) is 34.2 Å². The van der Waals surface area contributed by atoms with Crippen LogP contribution in [0.1, 0.15) is 31.1 Å². The summed E-state index contributed by atoms with van der Waals surface area (Å²) in [4.78, 5) is 8.26. The zero-order valence-corrected chi connectivity index (χ0v) is 12.3. The van der Waals surface area contributed by atoms with E-state index in [0.717, 1.165) is 6.54 Å². The highest BCUT2D eigenvalue weighted by Crippen LogP contribution is 2.15. The van der Waals surface area contributed by atoms with Gasteiger partial charge in [0.2, 0.25) is 0 Å². The summed E-state index contributed by atoms with van der Waals surface area (Å²) < 4.78 is 15.9. The molecule has 0 aromatic carbocycles. The Labute approximate surface area is 118 Å². The second-order valence-electron chi connectivity index (χ2n) is 5.25. The summed E-state index contributed by atoms with van der Waals surface area (Å²) in [6.45, 7) is 9.11. The van der Waals surface area contributed by atoms with Crippen molar-refractivity contribution >= 4 is 0 Å². The van der Waals surface area contributed by atoms with Crippen LogP contribution in [0.5, 0.6) is 0 Å². The summed E-state index contributed by atoms with van der Waals surface area (Å²) >= 11 is 0. The van der Waals surface area contributed by atoms with Crippen LogP contribution in [0, 0.1) is 25.6 Å². The van der Waals surface area contributed by atoms with Crippen molar-refractivity contribution in [3.63, 3.8) is 0 Å². The Morgan fingerprint density at radius 3 is 2.70 bits per heavy atom. The van der Waals surface area contributed by atoms with Crippen LogP contribution < -0.4 is 5.32 Å². The second-order valence-corrected chi connectivity index (χ2v) is 5.25. The largest absolute Gasteiger partial charge is 0.312 e. The minimum absolute atomic E-state index is 0.201. The Bertz CT molecular complexity index is 591. The maximum absolute atomic E-state index is 14.5. The number of rotatable bonds is 5. The van der Waals surface area contributed by atoms with Crippen LogP contribution in [0.4, 0.5) is 4.39 Å². The molecule has 1 N–H and O–H groups in total. The lowest BCUT2D eigenvalue weighted by atomic mass is 10.2. The lowest BCUT2D eigenvalue weighted by molar-refractivity contribution is 0.528. The van der Waals surface area contributed by atoms with E-state index in [-0.39, 0.29) is 11.6 Å². The van der Waals surface area contributed by atoms with Gasteiger partial charge in [-0.15, -0.1) is 5.10 Å². The average Bonchev–Trinajstić information content (AvgIpc) is 2.70. The molecule has 5 nitrogen and oxygen atoms in total. The van der Waals surface area contributed by atoms with Gasteiger partial charge in [0, 0.05) is 18.3 Å². The summed E-state index contributed by atoms with van der Waals surface area (Å²) in [7, 11) is 0. The van der Waals surface area contributed by atoms with E-state index in [4.69, 9.17) is 0 Å². The van der Waals surface area contributed by atoms with Crippen LogP contribution in [0.2, 0.25) is 0 Å². The fraction of sp³-hybridized carbons (Fsp3) is 0.500. The summed E-state index contributed by atoms with van der Waals surface area (Å²) in [5.41, 5.74) is 0.586. The third kappa shape index (κ3) is 3.19. The Morgan fingerprint density at radius 1 is 1.35 bits per heavy atom. The number of hydrogen-bond acceptors (Lipinski definition) is 4. The molecular weight excluding hydrogens is 257 g/mol.